The summed E-state index contributed by atoms with van der Waals surface area (Å²) in [4.78, 5) is 11.9. The molecule has 156 valence electrons. The zero-order valence-corrected chi connectivity index (χ0v) is 16.0. The van der Waals surface area contributed by atoms with Gasteiger partial charge in [0.2, 0.25) is 12.0 Å². The van der Waals surface area contributed by atoms with Crippen LogP contribution in [-0.2, 0) is 0 Å². The molecule has 8 heteroatoms. The van der Waals surface area contributed by atoms with Gasteiger partial charge in [0.1, 0.15) is 17.8 Å². The summed E-state index contributed by atoms with van der Waals surface area (Å²) >= 11 is 0. The molecule has 0 bridgehead atoms. The molecule has 31 heavy (non-hydrogen) atoms. The van der Waals surface area contributed by atoms with Gasteiger partial charge in [-0.1, -0.05) is 42.5 Å². The molecule has 0 aliphatic heterocycles. The summed E-state index contributed by atoms with van der Waals surface area (Å²) in [7, 11) is 0. The fourth-order valence-electron chi connectivity index (χ4n) is 2.87. The lowest BCUT2D eigenvalue weighted by atomic mass is 10.1. The van der Waals surface area contributed by atoms with Gasteiger partial charge in [-0.3, -0.25) is 4.98 Å². The van der Waals surface area contributed by atoms with E-state index in [2.05, 4.69) is 15.0 Å². The number of pyridine rings is 1. The summed E-state index contributed by atoms with van der Waals surface area (Å²) in [6, 6.07) is 19.3. The number of hydrogen-bond donors (Lipinski definition) is 0. The van der Waals surface area contributed by atoms with Gasteiger partial charge < -0.3 is 9.47 Å². The first-order valence-corrected chi connectivity index (χ1v) is 9.28. The van der Waals surface area contributed by atoms with Crippen molar-refractivity contribution in [2.24, 2.45) is 0 Å². The normalized spacial score (nSPS) is 12.2. The third-order valence-electron chi connectivity index (χ3n) is 4.30. The summed E-state index contributed by atoms with van der Waals surface area (Å²) in [5.74, 6) is 0.686. The van der Waals surface area contributed by atoms with E-state index in [0.29, 0.717) is 17.2 Å². The zero-order valence-electron chi connectivity index (χ0n) is 16.0. The summed E-state index contributed by atoms with van der Waals surface area (Å²) < 4.78 is 52.1. The Balaban J connectivity index is 1.56. The molecule has 0 amide bonds. The van der Waals surface area contributed by atoms with E-state index >= 15 is 0 Å². The molecular formula is C23H16F3N3O2. The van der Waals surface area contributed by atoms with E-state index in [1.54, 1.807) is 30.5 Å². The van der Waals surface area contributed by atoms with E-state index in [4.69, 9.17) is 9.47 Å². The molecule has 5 nitrogen and oxygen atoms in total. The van der Waals surface area contributed by atoms with Crippen LogP contribution in [0.1, 0.15) is 11.7 Å². The fraction of sp³-hybridized carbons (Fsp3) is 0.0870. The maximum atomic E-state index is 13.8. The van der Waals surface area contributed by atoms with Crippen LogP contribution in [0.4, 0.5) is 13.2 Å². The van der Waals surface area contributed by atoms with Gasteiger partial charge in [0, 0.05) is 23.4 Å². The van der Waals surface area contributed by atoms with Crippen molar-refractivity contribution in [1.82, 2.24) is 15.0 Å². The maximum absolute atomic E-state index is 13.8. The smallest absolute Gasteiger partial charge is 0.429 e. The largest absolute Gasteiger partial charge is 0.460 e. The molecule has 0 aliphatic carbocycles. The van der Waals surface area contributed by atoms with Crippen molar-refractivity contribution < 1.29 is 22.6 Å². The molecule has 2 heterocycles. The van der Waals surface area contributed by atoms with Gasteiger partial charge in [0.05, 0.1) is 11.9 Å². The number of ether oxygens (including phenoxy) is 2. The van der Waals surface area contributed by atoms with E-state index in [1.807, 2.05) is 18.2 Å². The van der Waals surface area contributed by atoms with E-state index in [9.17, 15) is 13.2 Å². The minimum absolute atomic E-state index is 0.0779. The van der Waals surface area contributed by atoms with Crippen molar-refractivity contribution in [2.75, 3.05) is 0 Å². The summed E-state index contributed by atoms with van der Waals surface area (Å²) in [5, 5.41) is 0. The molecule has 0 spiro atoms. The van der Waals surface area contributed by atoms with E-state index in [1.165, 1.54) is 42.9 Å². The average Bonchev–Trinajstić information content (AvgIpc) is 2.79. The van der Waals surface area contributed by atoms with Crippen molar-refractivity contribution in [3.8, 4) is 28.6 Å². The van der Waals surface area contributed by atoms with Crippen LogP contribution in [0.5, 0.6) is 17.4 Å². The second kappa shape index (κ2) is 8.83. The average molecular weight is 423 g/mol. The molecule has 4 aromatic rings. The zero-order chi connectivity index (χ0) is 21.7. The Hall–Kier alpha value is -3.94. The highest BCUT2D eigenvalue weighted by Gasteiger charge is 2.43. The lowest BCUT2D eigenvalue weighted by Gasteiger charge is -2.22. The number of alkyl halides is 3. The van der Waals surface area contributed by atoms with Gasteiger partial charge >= 0.3 is 6.18 Å². The lowest BCUT2D eigenvalue weighted by molar-refractivity contribution is -0.198. The number of benzene rings is 2. The van der Waals surface area contributed by atoms with Crippen LogP contribution in [0.25, 0.3) is 11.3 Å². The van der Waals surface area contributed by atoms with E-state index in [0.717, 1.165) is 5.56 Å². The lowest BCUT2D eigenvalue weighted by Crippen LogP contribution is -2.26. The molecule has 0 saturated carbocycles. The molecule has 0 N–H and O–H groups in total. The van der Waals surface area contributed by atoms with Gasteiger partial charge in [-0.25, -0.2) is 9.97 Å². The van der Waals surface area contributed by atoms with Crippen LogP contribution >= 0.6 is 0 Å². The fourth-order valence-corrected chi connectivity index (χ4v) is 2.87. The monoisotopic (exact) mass is 423 g/mol. The Labute approximate surface area is 176 Å². The van der Waals surface area contributed by atoms with Gasteiger partial charge in [0.25, 0.3) is 0 Å². The number of nitrogens with zero attached hydrogens (tertiary/aromatic N) is 3. The van der Waals surface area contributed by atoms with Crippen molar-refractivity contribution >= 4 is 0 Å². The topological polar surface area (TPSA) is 57.1 Å². The minimum atomic E-state index is -4.65. The number of hydrogen-bond acceptors (Lipinski definition) is 5. The molecule has 1 atom stereocenters. The standard InChI is InChI=1S/C23H16F3N3O2/c24-23(25,26)22(17-8-10-18(11-9-17)30-19-7-4-12-27-14-19)31-21-13-20(28-15-29-21)16-5-2-1-3-6-16/h1-15,22H. The first-order chi connectivity index (χ1) is 15.0. The molecule has 1 unspecified atom stereocenters. The van der Waals surface area contributed by atoms with Crippen molar-refractivity contribution in [2.45, 2.75) is 12.3 Å². The quantitative estimate of drug-likeness (QED) is 0.380. The highest BCUT2D eigenvalue weighted by atomic mass is 19.4. The molecular weight excluding hydrogens is 407 g/mol. The Kier molecular flexibility index (Phi) is 5.79. The molecule has 2 aromatic carbocycles. The Morgan fingerprint density at radius 1 is 0.806 bits per heavy atom. The Morgan fingerprint density at radius 3 is 2.26 bits per heavy atom. The second-order valence-electron chi connectivity index (χ2n) is 6.51. The van der Waals surface area contributed by atoms with Crippen molar-refractivity contribution in [1.29, 1.82) is 0 Å². The predicted molar refractivity (Wildman–Crippen MR) is 108 cm³/mol. The molecule has 0 saturated heterocycles. The maximum Gasteiger partial charge on any atom is 0.429 e. The summed E-state index contributed by atoms with van der Waals surface area (Å²) in [5.41, 5.74) is 1.13. The van der Waals surface area contributed by atoms with Gasteiger partial charge in [0.15, 0.2) is 0 Å². The van der Waals surface area contributed by atoms with Crippen LogP contribution < -0.4 is 9.47 Å². The molecule has 0 fully saturated rings. The van der Waals surface area contributed by atoms with Crippen LogP contribution in [0.3, 0.4) is 0 Å². The van der Waals surface area contributed by atoms with Gasteiger partial charge in [-0.05, 0) is 24.3 Å². The minimum Gasteiger partial charge on any atom is -0.460 e. The van der Waals surface area contributed by atoms with Crippen LogP contribution in [0, 0.1) is 0 Å². The highest BCUT2D eigenvalue weighted by Crippen LogP contribution is 2.37. The molecule has 0 aliphatic rings. The Morgan fingerprint density at radius 2 is 1.58 bits per heavy atom. The third-order valence-corrected chi connectivity index (χ3v) is 4.30. The molecule has 0 radical (unpaired) electrons. The van der Waals surface area contributed by atoms with E-state index in [-0.39, 0.29) is 11.4 Å². The third kappa shape index (κ3) is 5.16. The van der Waals surface area contributed by atoms with Crippen molar-refractivity contribution in [3.63, 3.8) is 0 Å². The molecule has 4 rings (SSSR count). The summed E-state index contributed by atoms with van der Waals surface area (Å²) in [6.45, 7) is 0. The van der Waals surface area contributed by atoms with Gasteiger partial charge in [-0.15, -0.1) is 0 Å². The molecule has 2 aromatic heterocycles. The first-order valence-electron chi connectivity index (χ1n) is 9.28. The number of aromatic nitrogens is 3. The predicted octanol–water partition coefficient (Wildman–Crippen LogP) is 6.01. The van der Waals surface area contributed by atoms with Gasteiger partial charge in [-0.2, -0.15) is 13.2 Å². The van der Waals surface area contributed by atoms with Crippen molar-refractivity contribution in [3.05, 3.63) is 97.1 Å². The first kappa shape index (κ1) is 20.3. The summed E-state index contributed by atoms with van der Waals surface area (Å²) in [6.07, 6.45) is -2.56. The SMILES string of the molecule is FC(F)(F)C(Oc1cc(-c2ccccc2)ncn1)c1ccc(Oc2cccnc2)cc1. The Bertz CT molecular complexity index is 1120. The number of halogens is 3. The second-order valence-corrected chi connectivity index (χ2v) is 6.51. The van der Waals surface area contributed by atoms with E-state index < -0.39 is 12.3 Å². The number of rotatable bonds is 6. The van der Waals surface area contributed by atoms with Crippen LogP contribution in [-0.4, -0.2) is 21.1 Å². The van der Waals surface area contributed by atoms with Crippen LogP contribution in [0.15, 0.2) is 91.5 Å². The highest BCUT2D eigenvalue weighted by molar-refractivity contribution is 5.59. The van der Waals surface area contributed by atoms with Crippen LogP contribution in [0.2, 0.25) is 0 Å².